The van der Waals surface area contributed by atoms with Crippen LogP contribution in [0, 0.1) is 0 Å². The molecular weight excluding hydrogens is 321 g/mol. The Labute approximate surface area is 139 Å². The Hall–Kier alpha value is -1.60. The highest BCUT2D eigenvalue weighted by Gasteiger charge is 2.54. The van der Waals surface area contributed by atoms with Crippen molar-refractivity contribution in [1.82, 2.24) is 10.2 Å². The molecule has 0 aromatic heterocycles. The van der Waals surface area contributed by atoms with Gasteiger partial charge >= 0.3 is 6.18 Å². The maximum Gasteiger partial charge on any atom is 0.421 e. The summed E-state index contributed by atoms with van der Waals surface area (Å²) >= 11 is 0. The number of piperidine rings is 1. The Morgan fingerprint density at radius 2 is 1.96 bits per heavy atom. The summed E-state index contributed by atoms with van der Waals surface area (Å²) in [7, 11) is 1.83. The highest BCUT2D eigenvalue weighted by molar-refractivity contribution is 5.81. The SMILES string of the molecule is CN1CCCCC1C(=O)NCCC(O)(c1ccccc1)C(F)(F)F. The Morgan fingerprint density at radius 1 is 1.29 bits per heavy atom. The van der Waals surface area contributed by atoms with Crippen molar-refractivity contribution in [3.63, 3.8) is 0 Å². The molecule has 0 bridgehead atoms. The van der Waals surface area contributed by atoms with Gasteiger partial charge in [0.05, 0.1) is 6.04 Å². The Bertz CT molecular complexity index is 551. The molecular formula is C17H23F3N2O2. The lowest BCUT2D eigenvalue weighted by Crippen LogP contribution is -2.49. The lowest BCUT2D eigenvalue weighted by Gasteiger charge is -2.33. The van der Waals surface area contributed by atoms with Gasteiger partial charge in [-0.25, -0.2) is 0 Å². The molecule has 1 aromatic carbocycles. The third-order valence-corrected chi connectivity index (χ3v) is 4.58. The van der Waals surface area contributed by atoms with Gasteiger partial charge in [0.2, 0.25) is 5.91 Å². The van der Waals surface area contributed by atoms with Gasteiger partial charge in [-0.3, -0.25) is 9.69 Å². The van der Waals surface area contributed by atoms with E-state index in [2.05, 4.69) is 5.32 Å². The summed E-state index contributed by atoms with van der Waals surface area (Å²) in [4.78, 5) is 14.1. The number of rotatable bonds is 5. The number of likely N-dealkylation sites (N-methyl/N-ethyl adjacent to an activating group) is 1. The van der Waals surface area contributed by atoms with Gasteiger partial charge in [0.1, 0.15) is 0 Å². The molecule has 1 fully saturated rings. The molecule has 1 saturated heterocycles. The van der Waals surface area contributed by atoms with E-state index >= 15 is 0 Å². The van der Waals surface area contributed by atoms with E-state index < -0.39 is 18.2 Å². The van der Waals surface area contributed by atoms with Crippen LogP contribution in [0.2, 0.25) is 0 Å². The van der Waals surface area contributed by atoms with E-state index in [4.69, 9.17) is 0 Å². The molecule has 0 saturated carbocycles. The van der Waals surface area contributed by atoms with Crippen LogP contribution in [0.5, 0.6) is 0 Å². The van der Waals surface area contributed by atoms with Gasteiger partial charge in [0.25, 0.3) is 0 Å². The van der Waals surface area contributed by atoms with Gasteiger partial charge in [-0.05, 0) is 32.0 Å². The Balaban J connectivity index is 2.00. The monoisotopic (exact) mass is 344 g/mol. The molecule has 0 radical (unpaired) electrons. The zero-order valence-electron chi connectivity index (χ0n) is 13.6. The van der Waals surface area contributed by atoms with Crippen LogP contribution in [0.1, 0.15) is 31.2 Å². The number of hydrogen-bond donors (Lipinski definition) is 2. The second-order valence-corrected chi connectivity index (χ2v) is 6.26. The van der Waals surface area contributed by atoms with Crippen molar-refractivity contribution >= 4 is 5.91 Å². The van der Waals surface area contributed by atoms with Crippen molar-refractivity contribution in [3.8, 4) is 0 Å². The Kier molecular flexibility index (Phi) is 5.87. The number of nitrogens with zero attached hydrogens (tertiary/aromatic N) is 1. The fourth-order valence-corrected chi connectivity index (χ4v) is 3.05. The molecule has 2 unspecified atom stereocenters. The number of aliphatic hydroxyl groups is 1. The fourth-order valence-electron chi connectivity index (χ4n) is 3.05. The van der Waals surface area contributed by atoms with E-state index in [-0.39, 0.29) is 24.1 Å². The Morgan fingerprint density at radius 3 is 2.54 bits per heavy atom. The van der Waals surface area contributed by atoms with Gasteiger partial charge in [-0.15, -0.1) is 0 Å². The van der Waals surface area contributed by atoms with E-state index in [0.29, 0.717) is 6.42 Å². The van der Waals surface area contributed by atoms with Crippen molar-refractivity contribution in [2.45, 2.75) is 43.5 Å². The summed E-state index contributed by atoms with van der Waals surface area (Å²) in [5.41, 5.74) is -3.19. The maximum atomic E-state index is 13.4. The zero-order valence-corrected chi connectivity index (χ0v) is 13.6. The largest absolute Gasteiger partial charge is 0.421 e. The highest BCUT2D eigenvalue weighted by Crippen LogP contribution is 2.41. The number of amides is 1. The first-order chi connectivity index (χ1) is 11.3. The lowest BCUT2D eigenvalue weighted by molar-refractivity contribution is -0.268. The summed E-state index contributed by atoms with van der Waals surface area (Å²) in [6.07, 6.45) is -2.80. The normalized spacial score (nSPS) is 22.0. The van der Waals surface area contributed by atoms with E-state index in [1.54, 1.807) is 6.07 Å². The molecule has 0 aliphatic carbocycles. The molecule has 1 aliphatic rings. The van der Waals surface area contributed by atoms with Crippen LogP contribution < -0.4 is 5.32 Å². The standard InChI is InChI=1S/C17H23F3N2O2/c1-22-12-6-5-9-14(22)15(23)21-11-10-16(24,17(18,19)20)13-7-3-2-4-8-13/h2-4,7-8,14,24H,5-6,9-12H2,1H3,(H,21,23). The summed E-state index contributed by atoms with van der Waals surface area (Å²) in [6, 6.07) is 6.65. The van der Waals surface area contributed by atoms with Crippen LogP contribution in [0.3, 0.4) is 0 Å². The minimum atomic E-state index is -4.82. The molecule has 24 heavy (non-hydrogen) atoms. The third-order valence-electron chi connectivity index (χ3n) is 4.58. The van der Waals surface area contributed by atoms with Crippen molar-refractivity contribution in [3.05, 3.63) is 35.9 Å². The van der Waals surface area contributed by atoms with Crippen LogP contribution in [0.4, 0.5) is 13.2 Å². The molecule has 4 nitrogen and oxygen atoms in total. The molecule has 2 N–H and O–H groups in total. The number of carbonyl (C=O) groups is 1. The summed E-state index contributed by atoms with van der Waals surface area (Å²) in [6.45, 7) is 0.558. The van der Waals surface area contributed by atoms with Gasteiger partial charge in [-0.1, -0.05) is 36.8 Å². The molecule has 2 rings (SSSR count). The fraction of sp³-hybridized carbons (Fsp3) is 0.588. The molecule has 2 atom stereocenters. The predicted molar refractivity (Wildman–Crippen MR) is 84.3 cm³/mol. The number of alkyl halides is 3. The molecule has 1 heterocycles. The van der Waals surface area contributed by atoms with Gasteiger partial charge in [-0.2, -0.15) is 13.2 Å². The maximum absolute atomic E-state index is 13.4. The number of likely N-dealkylation sites (tertiary alicyclic amines) is 1. The number of benzene rings is 1. The predicted octanol–water partition coefficient (Wildman–Crippen LogP) is 2.43. The second kappa shape index (κ2) is 7.53. The van der Waals surface area contributed by atoms with Crippen molar-refractivity contribution in [1.29, 1.82) is 0 Å². The van der Waals surface area contributed by atoms with Crippen molar-refractivity contribution in [2.24, 2.45) is 0 Å². The second-order valence-electron chi connectivity index (χ2n) is 6.26. The molecule has 1 aromatic rings. The van der Waals surface area contributed by atoms with Gasteiger partial charge in [0, 0.05) is 13.0 Å². The smallest absolute Gasteiger partial charge is 0.376 e. The number of carbonyl (C=O) groups excluding carboxylic acids is 1. The number of nitrogens with one attached hydrogen (secondary N) is 1. The summed E-state index contributed by atoms with van der Waals surface area (Å²) in [5, 5.41) is 12.7. The topological polar surface area (TPSA) is 52.6 Å². The van der Waals surface area contributed by atoms with Crippen LogP contribution in [-0.2, 0) is 10.4 Å². The third kappa shape index (κ3) is 4.08. The number of halogens is 3. The van der Waals surface area contributed by atoms with Crippen LogP contribution >= 0.6 is 0 Å². The minimum Gasteiger partial charge on any atom is -0.376 e. The van der Waals surface area contributed by atoms with E-state index in [0.717, 1.165) is 19.4 Å². The lowest BCUT2D eigenvalue weighted by atomic mass is 9.89. The molecule has 1 aliphatic heterocycles. The van der Waals surface area contributed by atoms with Gasteiger partial charge in [0.15, 0.2) is 5.60 Å². The van der Waals surface area contributed by atoms with E-state index in [1.165, 1.54) is 24.3 Å². The number of hydrogen-bond acceptors (Lipinski definition) is 3. The zero-order chi connectivity index (χ0) is 17.8. The van der Waals surface area contributed by atoms with Crippen LogP contribution in [0.15, 0.2) is 30.3 Å². The molecule has 134 valence electrons. The first-order valence-electron chi connectivity index (χ1n) is 8.08. The van der Waals surface area contributed by atoms with Crippen molar-refractivity contribution < 1.29 is 23.1 Å². The summed E-state index contributed by atoms with van der Waals surface area (Å²) in [5.74, 6) is -0.283. The van der Waals surface area contributed by atoms with Crippen molar-refractivity contribution in [2.75, 3.05) is 20.1 Å². The molecule has 7 heteroatoms. The average molecular weight is 344 g/mol. The van der Waals surface area contributed by atoms with Crippen LogP contribution in [0.25, 0.3) is 0 Å². The highest BCUT2D eigenvalue weighted by atomic mass is 19.4. The first-order valence-corrected chi connectivity index (χ1v) is 8.08. The first kappa shape index (κ1) is 18.7. The molecule has 0 spiro atoms. The average Bonchev–Trinajstić information content (AvgIpc) is 2.54. The van der Waals surface area contributed by atoms with Crippen LogP contribution in [-0.4, -0.2) is 48.3 Å². The quantitative estimate of drug-likeness (QED) is 0.863. The minimum absolute atomic E-state index is 0.221. The van der Waals surface area contributed by atoms with E-state index in [9.17, 15) is 23.1 Å². The molecule has 1 amide bonds. The van der Waals surface area contributed by atoms with Gasteiger partial charge < -0.3 is 10.4 Å². The summed E-state index contributed by atoms with van der Waals surface area (Å²) < 4.78 is 40.1. The van der Waals surface area contributed by atoms with E-state index in [1.807, 2.05) is 11.9 Å².